The van der Waals surface area contributed by atoms with E-state index in [1.54, 1.807) is 68.6 Å². The van der Waals surface area contributed by atoms with Crippen LogP contribution in [0.5, 0.6) is 0 Å². The van der Waals surface area contributed by atoms with Crippen LogP contribution in [0, 0.1) is 28.0 Å². The molecule has 1 saturated carbocycles. The Morgan fingerprint density at radius 2 is 0.752 bits per heavy atom. The van der Waals surface area contributed by atoms with Crippen molar-refractivity contribution >= 4 is 106 Å². The van der Waals surface area contributed by atoms with Crippen molar-refractivity contribution < 1.29 is 67.1 Å². The van der Waals surface area contributed by atoms with Crippen molar-refractivity contribution in [1.29, 1.82) is 4.78 Å². The molecule has 5 atom stereocenters. The second kappa shape index (κ2) is 42.4. The van der Waals surface area contributed by atoms with Gasteiger partial charge >= 0.3 is 0 Å². The molecule has 5 N–H and O–H groups in total. The van der Waals surface area contributed by atoms with E-state index in [1.807, 2.05) is 6.08 Å². The maximum atomic E-state index is 14.7. The minimum absolute atomic E-state index is 0.00304. The Kier molecular flexibility index (Phi) is 30.8. The molecule has 28 nitrogen and oxygen atoms in total. The number of piperidine rings is 2. The van der Waals surface area contributed by atoms with E-state index in [-0.39, 0.29) is 79.8 Å². The fourth-order valence-electron chi connectivity index (χ4n) is 17.8. The van der Waals surface area contributed by atoms with Gasteiger partial charge in [0, 0.05) is 138 Å². The summed E-state index contributed by atoms with van der Waals surface area (Å²) < 4.78 is 178. The number of hydrogen-bond donors (Lipinski definition) is 5. The summed E-state index contributed by atoms with van der Waals surface area (Å²) in [6, 6.07) is 19.7. The highest BCUT2D eigenvalue weighted by Gasteiger charge is 2.35. The Labute approximate surface area is 779 Å². The third-order valence-electron chi connectivity index (χ3n) is 25.9. The summed E-state index contributed by atoms with van der Waals surface area (Å²) in [6.45, 7) is 13.1. The molecule has 137 heavy (non-hydrogen) atoms. The Morgan fingerprint density at radius 1 is 0.416 bits per heavy atom. The summed E-state index contributed by atoms with van der Waals surface area (Å²) >= 11 is 0. The van der Waals surface area contributed by atoms with Crippen molar-refractivity contribution in [2.45, 2.75) is 154 Å². The number of anilines is 4. The molecule has 4 fully saturated rings. The summed E-state index contributed by atoms with van der Waals surface area (Å²) in [5.41, 5.74) is -0.333. The molecule has 1 aliphatic carbocycles. The van der Waals surface area contributed by atoms with E-state index in [1.165, 1.54) is 145 Å². The zero-order chi connectivity index (χ0) is 98.4. The second-order valence-corrected chi connectivity index (χ2v) is 37.5. The van der Waals surface area contributed by atoms with Gasteiger partial charge in [-0.1, -0.05) is 91.2 Å². The van der Waals surface area contributed by atoms with Gasteiger partial charge in [-0.2, -0.15) is 0 Å². The minimum atomic E-state index is -2.94. The van der Waals surface area contributed by atoms with Gasteiger partial charge in [0.1, 0.15) is 106 Å². The quantitative estimate of drug-likeness (QED) is 0.0329. The summed E-state index contributed by atoms with van der Waals surface area (Å²) in [4.78, 5) is 132. The van der Waals surface area contributed by atoms with E-state index >= 15 is 0 Å². The van der Waals surface area contributed by atoms with Crippen LogP contribution in [0.1, 0.15) is 225 Å². The maximum absolute atomic E-state index is 14.7. The second-order valence-electron chi connectivity index (χ2n) is 34.7. The number of halogens is 12. The molecule has 5 aliphatic rings. The lowest BCUT2D eigenvalue weighted by atomic mass is 9.89. The van der Waals surface area contributed by atoms with Crippen LogP contribution in [0.15, 0.2) is 148 Å². The number of aromatic nitrogens is 12. The van der Waals surface area contributed by atoms with Crippen LogP contribution in [0.2, 0.25) is 0 Å². The Balaban J connectivity index is 0.000000146. The fraction of sp³-hybridized carbons (Fsp3) is 0.396. The first-order valence-electron chi connectivity index (χ1n) is 44.7. The molecule has 1 unspecified atom stereocenters. The molecule has 12 heterocycles. The average molecular weight is 1920 g/mol. The van der Waals surface area contributed by atoms with E-state index in [4.69, 9.17) is 4.78 Å². The molecule has 12 aromatic rings. The first kappa shape index (κ1) is 99.5. The largest absolute Gasteiger partial charge is 0.363 e. The Hall–Kier alpha value is -13.5. The summed E-state index contributed by atoms with van der Waals surface area (Å²) in [7, 11) is 4.62. The Bertz CT molecular complexity index is 7000. The normalized spacial score (nSPS) is 17.0. The topological polar surface area (TPSA) is 327 Å². The van der Waals surface area contributed by atoms with Crippen LogP contribution in [0.25, 0.3) is 49.7 Å². The van der Waals surface area contributed by atoms with Crippen molar-refractivity contribution in [3.63, 3.8) is 0 Å². The van der Waals surface area contributed by atoms with Gasteiger partial charge in [0.15, 0.2) is 0 Å². The van der Waals surface area contributed by atoms with Crippen LogP contribution in [-0.4, -0.2) is 171 Å². The van der Waals surface area contributed by atoms with Crippen LogP contribution < -0.4 is 43.5 Å². The number of carbonyl (C=O) groups excluding carboxylic acids is 3. The van der Waals surface area contributed by atoms with E-state index in [9.17, 15) is 86.2 Å². The molecule has 41 heteroatoms. The van der Waals surface area contributed by atoms with Gasteiger partial charge in [0.2, 0.25) is 5.91 Å². The van der Waals surface area contributed by atoms with E-state index in [0.29, 0.717) is 143 Å². The van der Waals surface area contributed by atoms with E-state index < -0.39 is 116 Å². The predicted molar refractivity (Wildman–Crippen MR) is 501 cm³/mol. The molecule has 3 amide bonds. The van der Waals surface area contributed by atoms with Crippen LogP contribution in [-0.2, 0) is 42.4 Å². The van der Waals surface area contributed by atoms with Crippen LogP contribution in [0.3, 0.4) is 0 Å². The number of nitrogens with one attached hydrogen (secondary N) is 5. The number of alkyl halides is 8. The number of carbonyl (C=O) groups is 3. The smallest absolute Gasteiger partial charge is 0.266 e. The highest BCUT2D eigenvalue weighted by atomic mass is 32.2. The lowest BCUT2D eigenvalue weighted by molar-refractivity contribution is -0.129. The van der Waals surface area contributed by atoms with Crippen molar-refractivity contribution in [1.82, 2.24) is 77.7 Å². The number of amides is 3. The summed E-state index contributed by atoms with van der Waals surface area (Å²) in [5.74, 6) is 1.76. The van der Waals surface area contributed by atoms with Crippen molar-refractivity contribution in [3.8, 4) is 0 Å². The molecular weight excluding hydrogens is 1820 g/mol. The van der Waals surface area contributed by atoms with Gasteiger partial charge in [0.25, 0.3) is 59.8 Å². The third kappa shape index (κ3) is 21.4. The van der Waals surface area contributed by atoms with Crippen molar-refractivity contribution in [2.75, 3.05) is 85.1 Å². The molecule has 0 spiro atoms. The monoisotopic (exact) mass is 1920 g/mol. The highest BCUT2D eigenvalue weighted by Crippen LogP contribution is 2.39. The number of likely N-dealkylation sites (tertiary alicyclic amines) is 2. The molecule has 0 radical (unpaired) electrons. The maximum Gasteiger partial charge on any atom is 0.266 e. The molecule has 0 bridgehead atoms. The minimum Gasteiger partial charge on any atom is -0.363 e. The summed E-state index contributed by atoms with van der Waals surface area (Å²) in [6.07, 6.45) is 3.67. The SMILES string of the molecule is C=S1(=N)CC=C(c2cc3c(N[C@H](C)c4cccc(C(F)F)c4F)ncnc3n(C)c2=O)CC1.CC(=O)N1CCC(c2cc3c(N[C@H](C)c4cccc(C(F)F)c4F)ncnc3n(C)c2=O)CC1.C[C@@H](Nc1ncnc2c1cc(C(=O)N1CCCCC1)c(=O)n2C)c1cccc(C(F)F)c1F.C[C@@H](Nc1ncnc2c1cc(C(=O)N1CCN(C3CCC3)CC1)c(=O)n2C)c1cccc(C(F)F)c1F. The highest BCUT2D eigenvalue weighted by molar-refractivity contribution is 8.01. The molecule has 4 aliphatic heterocycles. The number of aryl methyl sites for hydroxylation is 4. The number of piperazine rings is 1. The number of nitrogens with zero attached hydrogens (tertiary/aromatic N) is 16. The number of hydrogen-bond acceptors (Lipinski definition) is 21. The number of fused-ring (bicyclic) bond motifs is 4. The number of allylic oxidation sites excluding steroid dienone is 1. The van der Waals surface area contributed by atoms with Gasteiger partial charge in [-0.25, -0.2) is 92.6 Å². The van der Waals surface area contributed by atoms with Crippen LogP contribution in [0.4, 0.5) is 76.0 Å². The number of benzene rings is 4. The first-order valence-corrected chi connectivity index (χ1v) is 46.8. The van der Waals surface area contributed by atoms with Crippen LogP contribution >= 0.6 is 0 Å². The number of pyridine rings is 4. The third-order valence-corrected chi connectivity index (χ3v) is 27.7. The molecular formula is C96H103F12N21O7S. The lowest BCUT2D eigenvalue weighted by Crippen LogP contribution is -2.54. The van der Waals surface area contributed by atoms with E-state index in [0.717, 1.165) is 62.2 Å². The average Bonchev–Trinajstić information content (AvgIpc) is 0.772. The molecule has 724 valence electrons. The Morgan fingerprint density at radius 3 is 1.09 bits per heavy atom. The molecule has 4 aromatic carbocycles. The molecule has 3 saturated heterocycles. The van der Waals surface area contributed by atoms with Gasteiger partial charge in [-0.15, -0.1) is 9.41 Å². The van der Waals surface area contributed by atoms with E-state index in [2.05, 4.69) is 71.9 Å². The predicted octanol–water partition coefficient (Wildman–Crippen LogP) is 17.1. The molecule has 17 rings (SSSR count). The van der Waals surface area contributed by atoms with Crippen molar-refractivity contribution in [3.05, 3.63) is 260 Å². The van der Waals surface area contributed by atoms with Gasteiger partial charge < -0.3 is 36.0 Å². The van der Waals surface area contributed by atoms with Crippen molar-refractivity contribution in [2.24, 2.45) is 28.2 Å². The lowest BCUT2D eigenvalue weighted by Gasteiger charge is -2.42. The van der Waals surface area contributed by atoms with Gasteiger partial charge in [0.05, 0.1) is 68.0 Å². The fourth-order valence-corrected chi connectivity index (χ4v) is 19.1. The first-order chi connectivity index (χ1) is 65.3. The zero-order valence-electron chi connectivity index (χ0n) is 76.5. The van der Waals surface area contributed by atoms with Gasteiger partial charge in [-0.3, -0.25) is 61.5 Å². The number of rotatable bonds is 21. The van der Waals surface area contributed by atoms with Gasteiger partial charge in [-0.05, 0) is 115 Å². The molecule has 8 aromatic heterocycles. The standard InChI is InChI=1S/C26H29F3N6O2.C24H26F3N5O2.C23H24F3N5O2.C23H24F3N5OS/c1-15(17-7-4-8-18(21(17)27)22(28)29)32-23-19-13-20(25(36)33(2)24(19)31-14-30-23)26(37)35-11-9-34(10-12-35)16-5-3-6-16;1-13(16-5-4-6-17(20(16)25)21(26)27)30-22-19-11-18(15-7-9-32(10-8-15)14(2)33)24(34)31(3)23(19)29-12-28-22;1-13(14-7-6-8-15(18(14)24)19(25)26)29-20-16-11-17(23(33)31-9-4-3-5-10-31)22(32)30(2)21(16)28-12-27-20;1-13(15-5-4-6-16(19(15)24)20(25)26)30-21-18-11-17(14-7-9-33(3,27)10-8-14)23(32)31(2)22(18)29-12-28-21/h4,7-8,13-16,22H,3,5-6,9-12H2,1-2H3,(H,30,31,32);4-6,11-13,15,21H,7-10H2,1-3H3,(H,28,29,30);6-8,11-13,19H,3-5,9-10H2,1-2H3,(H,27,28,29);4-7,11-13,20,27H,3,8-10H2,1-2H3,(H,28,29,30)/t15-;2*13-;13-,33?/m1111/s1. The summed E-state index contributed by atoms with van der Waals surface area (Å²) in [5, 5.41) is 14.2. The zero-order valence-corrected chi connectivity index (χ0v) is 77.3.